The van der Waals surface area contributed by atoms with E-state index in [9.17, 15) is 9.59 Å². The lowest BCUT2D eigenvalue weighted by atomic mass is 9.78. The standard InChI is InChI=1S/C25H33NO6/c1-5-30-15-31-19-11-13-25(14-12-19)22(32-24(28)18-9-10-18)21(23(27)26(25)29-4)20-16(2)7-6-8-17(20)3/h6-8,18-19H,5,9-15H2,1-4H3. The fraction of sp³-hybridized carbons (Fsp3) is 0.600. The Labute approximate surface area is 189 Å². The summed E-state index contributed by atoms with van der Waals surface area (Å²) in [7, 11) is 1.51. The van der Waals surface area contributed by atoms with Crippen molar-refractivity contribution < 1.29 is 28.6 Å². The first-order valence-electron chi connectivity index (χ1n) is 11.5. The number of carbonyl (C=O) groups excluding carboxylic acids is 2. The minimum atomic E-state index is -0.814. The van der Waals surface area contributed by atoms with Crippen molar-refractivity contribution in [2.24, 2.45) is 5.92 Å². The highest BCUT2D eigenvalue weighted by Gasteiger charge is 2.57. The van der Waals surface area contributed by atoms with Crippen LogP contribution < -0.4 is 0 Å². The highest BCUT2D eigenvalue weighted by Crippen LogP contribution is 2.51. The fourth-order valence-electron chi connectivity index (χ4n) is 4.95. The van der Waals surface area contributed by atoms with Crippen LogP contribution in [0.2, 0.25) is 0 Å². The first kappa shape index (κ1) is 23.0. The van der Waals surface area contributed by atoms with Gasteiger partial charge in [0.15, 0.2) is 0 Å². The lowest BCUT2D eigenvalue weighted by Gasteiger charge is -2.42. The molecule has 1 heterocycles. The van der Waals surface area contributed by atoms with Gasteiger partial charge in [-0.05, 0) is 76.0 Å². The lowest BCUT2D eigenvalue weighted by Crippen LogP contribution is -2.51. The molecule has 2 fully saturated rings. The maximum absolute atomic E-state index is 13.7. The summed E-state index contributed by atoms with van der Waals surface area (Å²) in [6, 6.07) is 5.92. The van der Waals surface area contributed by atoms with E-state index in [1.807, 2.05) is 39.0 Å². The monoisotopic (exact) mass is 443 g/mol. The highest BCUT2D eigenvalue weighted by molar-refractivity contribution is 6.23. The van der Waals surface area contributed by atoms with E-state index in [1.165, 1.54) is 12.2 Å². The minimum absolute atomic E-state index is 0.0330. The molecule has 0 N–H and O–H groups in total. The van der Waals surface area contributed by atoms with E-state index >= 15 is 0 Å². The molecule has 0 radical (unpaired) electrons. The van der Waals surface area contributed by atoms with Crippen LogP contribution in [-0.4, -0.2) is 49.1 Å². The third-order valence-corrected chi connectivity index (χ3v) is 6.81. The van der Waals surface area contributed by atoms with E-state index in [4.69, 9.17) is 19.0 Å². The number of rotatable bonds is 8. The topological polar surface area (TPSA) is 74.3 Å². The van der Waals surface area contributed by atoms with Crippen molar-refractivity contribution in [3.8, 4) is 0 Å². The number of esters is 1. The number of hydrogen-bond donors (Lipinski definition) is 0. The summed E-state index contributed by atoms with van der Waals surface area (Å²) >= 11 is 0. The van der Waals surface area contributed by atoms with Crippen molar-refractivity contribution in [3.63, 3.8) is 0 Å². The molecule has 174 valence electrons. The molecule has 0 aromatic heterocycles. The molecule has 0 atom stereocenters. The highest BCUT2D eigenvalue weighted by atomic mass is 16.7. The SMILES string of the molecule is CCOCOC1CCC2(CC1)C(OC(=O)C1CC1)=C(c1c(C)cccc1C)C(=O)N2OC. The van der Waals surface area contributed by atoms with Crippen LogP contribution in [-0.2, 0) is 28.6 Å². The minimum Gasteiger partial charge on any atom is -0.427 e. The van der Waals surface area contributed by atoms with Crippen LogP contribution in [0.25, 0.3) is 5.57 Å². The van der Waals surface area contributed by atoms with Gasteiger partial charge in [-0.15, -0.1) is 0 Å². The zero-order valence-corrected chi connectivity index (χ0v) is 19.4. The molecule has 2 saturated carbocycles. The summed E-state index contributed by atoms with van der Waals surface area (Å²) in [5, 5.41) is 1.43. The first-order chi connectivity index (χ1) is 15.4. The Balaban J connectivity index is 1.74. The Bertz CT molecular complexity index is 891. The Morgan fingerprint density at radius 2 is 1.78 bits per heavy atom. The number of ether oxygens (including phenoxy) is 3. The Morgan fingerprint density at radius 1 is 1.12 bits per heavy atom. The average Bonchev–Trinajstić information content (AvgIpc) is 3.59. The fourth-order valence-corrected chi connectivity index (χ4v) is 4.95. The molecule has 1 spiro atoms. The number of hydrogen-bond acceptors (Lipinski definition) is 6. The Morgan fingerprint density at radius 3 is 2.34 bits per heavy atom. The molecule has 7 nitrogen and oxygen atoms in total. The van der Waals surface area contributed by atoms with Crippen LogP contribution in [0.15, 0.2) is 24.0 Å². The first-order valence-corrected chi connectivity index (χ1v) is 11.5. The van der Waals surface area contributed by atoms with Gasteiger partial charge in [0.05, 0.1) is 24.7 Å². The molecular formula is C25H33NO6. The third-order valence-electron chi connectivity index (χ3n) is 6.81. The van der Waals surface area contributed by atoms with E-state index in [0.717, 1.165) is 29.5 Å². The number of carbonyl (C=O) groups is 2. The van der Waals surface area contributed by atoms with Crippen LogP contribution in [0.3, 0.4) is 0 Å². The molecule has 0 bridgehead atoms. The van der Waals surface area contributed by atoms with Crippen molar-refractivity contribution in [2.75, 3.05) is 20.5 Å². The molecule has 7 heteroatoms. The Kier molecular flexibility index (Phi) is 6.70. The zero-order chi connectivity index (χ0) is 22.9. The summed E-state index contributed by atoms with van der Waals surface area (Å²) in [5.41, 5.74) is 2.39. The molecule has 3 aliphatic rings. The van der Waals surface area contributed by atoms with Crippen molar-refractivity contribution >= 4 is 17.4 Å². The summed E-state index contributed by atoms with van der Waals surface area (Å²) in [5.74, 6) is -0.126. The number of amides is 1. The van der Waals surface area contributed by atoms with Gasteiger partial charge in [-0.3, -0.25) is 14.4 Å². The Hall–Kier alpha value is -2.22. The van der Waals surface area contributed by atoms with Gasteiger partial charge in [0.1, 0.15) is 18.1 Å². The number of hydroxylamine groups is 2. The number of nitrogens with zero attached hydrogens (tertiary/aromatic N) is 1. The van der Waals surface area contributed by atoms with Crippen LogP contribution in [0.4, 0.5) is 0 Å². The molecule has 1 amide bonds. The molecule has 1 aromatic rings. The lowest BCUT2D eigenvalue weighted by molar-refractivity contribution is -0.208. The smallest absolute Gasteiger partial charge is 0.314 e. The van der Waals surface area contributed by atoms with Crippen molar-refractivity contribution in [1.82, 2.24) is 5.06 Å². The van der Waals surface area contributed by atoms with E-state index in [-0.39, 0.29) is 30.7 Å². The summed E-state index contributed by atoms with van der Waals surface area (Å²) in [4.78, 5) is 32.1. The molecular weight excluding hydrogens is 410 g/mol. The second-order valence-electron chi connectivity index (χ2n) is 8.96. The summed E-state index contributed by atoms with van der Waals surface area (Å²) < 4.78 is 17.3. The second kappa shape index (κ2) is 9.33. The van der Waals surface area contributed by atoms with Crippen LogP contribution in [0.1, 0.15) is 62.1 Å². The predicted octanol–water partition coefficient (Wildman–Crippen LogP) is 4.06. The van der Waals surface area contributed by atoms with E-state index < -0.39 is 5.54 Å². The van der Waals surface area contributed by atoms with Gasteiger partial charge in [-0.2, -0.15) is 0 Å². The van der Waals surface area contributed by atoms with Gasteiger partial charge in [-0.1, -0.05) is 18.2 Å². The molecule has 4 rings (SSSR count). The molecule has 1 aliphatic heterocycles. The number of benzene rings is 1. The molecule has 0 unspecified atom stereocenters. The normalized spacial score (nSPS) is 25.7. The van der Waals surface area contributed by atoms with Gasteiger partial charge in [0, 0.05) is 6.61 Å². The predicted molar refractivity (Wildman–Crippen MR) is 118 cm³/mol. The van der Waals surface area contributed by atoms with Crippen molar-refractivity contribution in [3.05, 3.63) is 40.6 Å². The van der Waals surface area contributed by atoms with Crippen molar-refractivity contribution in [1.29, 1.82) is 0 Å². The molecule has 2 aliphatic carbocycles. The largest absolute Gasteiger partial charge is 0.427 e. The van der Waals surface area contributed by atoms with Gasteiger partial charge in [0.25, 0.3) is 5.91 Å². The number of aryl methyl sites for hydroxylation is 2. The van der Waals surface area contributed by atoms with Gasteiger partial charge in [-0.25, -0.2) is 5.06 Å². The second-order valence-corrected chi connectivity index (χ2v) is 8.96. The van der Waals surface area contributed by atoms with Crippen LogP contribution >= 0.6 is 0 Å². The maximum atomic E-state index is 13.7. The van der Waals surface area contributed by atoms with E-state index in [1.54, 1.807) is 0 Å². The quantitative estimate of drug-likeness (QED) is 0.343. The summed E-state index contributed by atoms with van der Waals surface area (Å²) in [6.45, 7) is 6.74. The van der Waals surface area contributed by atoms with Crippen molar-refractivity contribution in [2.45, 2.75) is 70.9 Å². The third kappa shape index (κ3) is 4.09. The van der Waals surface area contributed by atoms with Crippen LogP contribution in [0.5, 0.6) is 0 Å². The van der Waals surface area contributed by atoms with Gasteiger partial charge in [0.2, 0.25) is 0 Å². The molecule has 1 aromatic carbocycles. The maximum Gasteiger partial charge on any atom is 0.314 e. The van der Waals surface area contributed by atoms with E-state index in [0.29, 0.717) is 43.6 Å². The molecule has 32 heavy (non-hydrogen) atoms. The van der Waals surface area contributed by atoms with Gasteiger partial charge >= 0.3 is 5.97 Å². The average molecular weight is 444 g/mol. The van der Waals surface area contributed by atoms with Gasteiger partial charge < -0.3 is 14.2 Å². The zero-order valence-electron chi connectivity index (χ0n) is 19.4. The van der Waals surface area contributed by atoms with E-state index in [2.05, 4.69) is 0 Å². The van der Waals surface area contributed by atoms with Crippen LogP contribution in [0, 0.1) is 19.8 Å². The molecule has 0 saturated heterocycles. The summed E-state index contributed by atoms with van der Waals surface area (Å²) in [6.07, 6.45) is 4.32.